The summed E-state index contributed by atoms with van der Waals surface area (Å²) in [7, 11) is 0. The van der Waals surface area contributed by atoms with Gasteiger partial charge < -0.3 is 20.3 Å². The smallest absolute Gasteiger partial charge is 0.407 e. The molecule has 0 saturated heterocycles. The van der Waals surface area contributed by atoms with Gasteiger partial charge in [-0.05, 0) is 66.6 Å². The molecule has 0 fully saturated rings. The van der Waals surface area contributed by atoms with E-state index in [1.807, 2.05) is 97.1 Å². The van der Waals surface area contributed by atoms with Gasteiger partial charge in [-0.15, -0.1) is 0 Å². The number of nitrogens with zero attached hydrogens (tertiary/aromatic N) is 2. The normalized spacial score (nSPS) is 14.5. The third kappa shape index (κ3) is 7.95. The van der Waals surface area contributed by atoms with Crippen LogP contribution in [0.4, 0.5) is 10.5 Å². The number of carbonyl (C=O) groups excluding carboxylic acids is 3. The number of benzene rings is 4. The van der Waals surface area contributed by atoms with Gasteiger partial charge in [0.2, 0.25) is 11.8 Å². The molecular weight excluding hydrogens is 564 g/mol. The van der Waals surface area contributed by atoms with E-state index in [-0.39, 0.29) is 24.8 Å². The summed E-state index contributed by atoms with van der Waals surface area (Å²) in [6, 6.07) is 34.0. The SMILES string of the molecule is CC(C)(CC(=O)NC1CCc2ccccc2N(Cc2ccc(-c3ccccc3C#N)cc2)C1=O)NC(=O)OCc1ccccc1. The van der Waals surface area contributed by atoms with E-state index in [0.29, 0.717) is 24.9 Å². The van der Waals surface area contributed by atoms with Gasteiger partial charge in [0.25, 0.3) is 0 Å². The van der Waals surface area contributed by atoms with Gasteiger partial charge in [0.1, 0.15) is 12.6 Å². The van der Waals surface area contributed by atoms with Crippen LogP contribution in [0.15, 0.2) is 103 Å². The third-order valence-corrected chi connectivity index (χ3v) is 7.79. The molecule has 1 heterocycles. The van der Waals surface area contributed by atoms with Crippen LogP contribution in [0.3, 0.4) is 0 Å². The van der Waals surface area contributed by atoms with Crippen LogP contribution >= 0.6 is 0 Å². The van der Waals surface area contributed by atoms with Crippen LogP contribution in [0.5, 0.6) is 0 Å². The molecule has 0 radical (unpaired) electrons. The Morgan fingerprint density at radius 1 is 0.911 bits per heavy atom. The van der Waals surface area contributed by atoms with Crippen molar-refractivity contribution >= 4 is 23.6 Å². The fourth-order valence-corrected chi connectivity index (χ4v) is 5.54. The van der Waals surface area contributed by atoms with Crippen molar-refractivity contribution in [1.82, 2.24) is 10.6 Å². The molecule has 8 nitrogen and oxygen atoms in total. The molecule has 228 valence electrons. The van der Waals surface area contributed by atoms with E-state index >= 15 is 0 Å². The van der Waals surface area contributed by atoms with Gasteiger partial charge in [0.15, 0.2) is 0 Å². The van der Waals surface area contributed by atoms with Gasteiger partial charge >= 0.3 is 6.09 Å². The minimum absolute atomic E-state index is 0.0319. The van der Waals surface area contributed by atoms with Crippen molar-refractivity contribution in [1.29, 1.82) is 5.26 Å². The number of ether oxygens (including phenoxy) is 1. The molecule has 0 aliphatic carbocycles. The monoisotopic (exact) mass is 600 g/mol. The van der Waals surface area contributed by atoms with Gasteiger partial charge in [-0.2, -0.15) is 5.26 Å². The van der Waals surface area contributed by atoms with Crippen LogP contribution in [0.1, 0.15) is 48.9 Å². The van der Waals surface area contributed by atoms with E-state index in [0.717, 1.165) is 33.5 Å². The van der Waals surface area contributed by atoms with Crippen LogP contribution in [-0.2, 0) is 33.9 Å². The number of hydrogen-bond donors (Lipinski definition) is 2. The molecule has 4 aromatic rings. The van der Waals surface area contributed by atoms with Crippen molar-refractivity contribution in [2.45, 2.75) is 57.8 Å². The summed E-state index contributed by atoms with van der Waals surface area (Å²) in [5, 5.41) is 15.2. The lowest BCUT2D eigenvalue weighted by Crippen LogP contribution is -2.51. The lowest BCUT2D eigenvalue weighted by molar-refractivity contribution is -0.128. The Hall–Kier alpha value is -5.42. The first-order valence-electron chi connectivity index (χ1n) is 15.0. The van der Waals surface area contributed by atoms with Crippen molar-refractivity contribution < 1.29 is 19.1 Å². The van der Waals surface area contributed by atoms with Crippen LogP contribution in [0.2, 0.25) is 0 Å². The van der Waals surface area contributed by atoms with E-state index in [9.17, 15) is 19.6 Å². The topological polar surface area (TPSA) is 112 Å². The highest BCUT2D eigenvalue weighted by atomic mass is 16.5. The number of alkyl carbamates (subject to hydrolysis) is 1. The molecule has 0 aromatic heterocycles. The van der Waals surface area contributed by atoms with Crippen LogP contribution < -0.4 is 15.5 Å². The second kappa shape index (κ2) is 13.9. The summed E-state index contributed by atoms with van der Waals surface area (Å²) in [6.45, 7) is 3.93. The van der Waals surface area contributed by atoms with Gasteiger partial charge in [-0.3, -0.25) is 9.59 Å². The average Bonchev–Trinajstić information content (AvgIpc) is 3.16. The molecule has 1 unspecified atom stereocenters. The van der Waals surface area contributed by atoms with Gasteiger partial charge in [-0.1, -0.05) is 91.0 Å². The van der Waals surface area contributed by atoms with Crippen molar-refractivity contribution in [3.05, 3.63) is 125 Å². The Balaban J connectivity index is 1.25. The van der Waals surface area contributed by atoms with Crippen molar-refractivity contribution in [3.8, 4) is 17.2 Å². The number of fused-ring (bicyclic) bond motifs is 1. The van der Waals surface area contributed by atoms with Crippen LogP contribution in [-0.4, -0.2) is 29.5 Å². The number of nitriles is 1. The molecule has 0 bridgehead atoms. The number of carbonyl (C=O) groups is 3. The highest BCUT2D eigenvalue weighted by Crippen LogP contribution is 2.30. The minimum Gasteiger partial charge on any atom is -0.445 e. The maximum absolute atomic E-state index is 14.0. The Bertz CT molecular complexity index is 1710. The van der Waals surface area contributed by atoms with Gasteiger partial charge in [0, 0.05) is 17.6 Å². The second-order valence-corrected chi connectivity index (χ2v) is 11.8. The zero-order valence-electron chi connectivity index (χ0n) is 25.5. The molecule has 45 heavy (non-hydrogen) atoms. The summed E-state index contributed by atoms with van der Waals surface area (Å²) in [5.41, 5.74) is 5.11. The summed E-state index contributed by atoms with van der Waals surface area (Å²) in [4.78, 5) is 41.3. The molecular formula is C37H36N4O4. The predicted octanol–water partition coefficient (Wildman–Crippen LogP) is 6.28. The van der Waals surface area contributed by atoms with Gasteiger partial charge in [0.05, 0.1) is 18.2 Å². The number of para-hydroxylation sites is 1. The molecule has 4 aromatic carbocycles. The molecule has 1 aliphatic rings. The number of amides is 3. The first kappa shape index (κ1) is 31.0. The van der Waals surface area contributed by atoms with E-state index in [4.69, 9.17) is 4.74 Å². The Morgan fingerprint density at radius 2 is 1.60 bits per heavy atom. The Labute approximate surface area is 263 Å². The fourth-order valence-electron chi connectivity index (χ4n) is 5.54. The third-order valence-electron chi connectivity index (χ3n) is 7.79. The largest absolute Gasteiger partial charge is 0.445 e. The molecule has 1 atom stereocenters. The molecule has 1 aliphatic heterocycles. The van der Waals surface area contributed by atoms with E-state index in [1.165, 1.54) is 0 Å². The average molecular weight is 601 g/mol. The molecule has 8 heteroatoms. The number of hydrogen-bond acceptors (Lipinski definition) is 5. The number of anilines is 1. The molecule has 2 N–H and O–H groups in total. The van der Waals surface area contributed by atoms with Crippen LogP contribution in [0, 0.1) is 11.3 Å². The summed E-state index contributed by atoms with van der Waals surface area (Å²) in [6.07, 6.45) is 0.428. The lowest BCUT2D eigenvalue weighted by Gasteiger charge is -2.28. The predicted molar refractivity (Wildman–Crippen MR) is 173 cm³/mol. The van der Waals surface area contributed by atoms with E-state index < -0.39 is 17.7 Å². The summed E-state index contributed by atoms with van der Waals surface area (Å²) in [5.74, 6) is -0.534. The van der Waals surface area contributed by atoms with Crippen molar-refractivity contribution in [3.63, 3.8) is 0 Å². The first-order valence-corrected chi connectivity index (χ1v) is 15.0. The van der Waals surface area contributed by atoms with E-state index in [2.05, 4.69) is 16.7 Å². The summed E-state index contributed by atoms with van der Waals surface area (Å²) < 4.78 is 5.32. The zero-order chi connectivity index (χ0) is 31.8. The highest BCUT2D eigenvalue weighted by molar-refractivity contribution is 6.00. The Morgan fingerprint density at radius 3 is 2.36 bits per heavy atom. The van der Waals surface area contributed by atoms with E-state index in [1.54, 1.807) is 24.8 Å². The lowest BCUT2D eigenvalue weighted by atomic mass is 9.99. The molecule has 5 rings (SSSR count). The zero-order valence-corrected chi connectivity index (χ0v) is 25.5. The van der Waals surface area contributed by atoms with Crippen molar-refractivity contribution in [2.75, 3.05) is 4.90 Å². The van der Waals surface area contributed by atoms with Crippen molar-refractivity contribution in [2.24, 2.45) is 0 Å². The standard InChI is InChI=1S/C37H36N4O4/c1-37(2,40-36(44)45-25-27-10-4-3-5-11-27)22-34(42)39-32-21-20-29-12-7-9-15-33(29)41(35(32)43)24-26-16-18-28(19-17-26)31-14-8-6-13-30(31)23-38/h3-19,32H,20-22,24-25H2,1-2H3,(H,39,42)(H,40,44). The quantitative estimate of drug-likeness (QED) is 0.235. The summed E-state index contributed by atoms with van der Waals surface area (Å²) >= 11 is 0. The fraction of sp³-hybridized carbons (Fsp3) is 0.243. The molecule has 3 amide bonds. The second-order valence-electron chi connectivity index (χ2n) is 11.8. The Kier molecular flexibility index (Phi) is 9.59. The van der Waals surface area contributed by atoms with Crippen LogP contribution in [0.25, 0.3) is 11.1 Å². The number of rotatable bonds is 9. The molecule has 0 saturated carbocycles. The maximum atomic E-state index is 14.0. The highest BCUT2D eigenvalue weighted by Gasteiger charge is 2.33. The number of aryl methyl sites for hydroxylation is 1. The van der Waals surface area contributed by atoms with Gasteiger partial charge in [-0.25, -0.2) is 4.79 Å². The molecule has 0 spiro atoms. The first-order chi connectivity index (χ1) is 21.7. The maximum Gasteiger partial charge on any atom is 0.407 e. The minimum atomic E-state index is -0.903. The number of nitrogens with one attached hydrogen (secondary N) is 2.